The van der Waals surface area contributed by atoms with Crippen molar-refractivity contribution in [2.45, 2.75) is 32.6 Å². The van der Waals surface area contributed by atoms with E-state index < -0.39 is 0 Å². The molecule has 1 N–H and O–H groups in total. The van der Waals surface area contributed by atoms with Crippen LogP contribution in [-0.4, -0.2) is 29.4 Å². The number of carbonyl (C=O) groups is 1. The third-order valence-electron chi connectivity index (χ3n) is 3.38. The van der Waals surface area contributed by atoms with Crippen molar-refractivity contribution >= 4 is 5.91 Å². The van der Waals surface area contributed by atoms with Crippen LogP contribution in [0, 0.1) is 0 Å². The summed E-state index contributed by atoms with van der Waals surface area (Å²) in [6.07, 6.45) is 0.510. The topological polar surface area (TPSA) is 86.5 Å². The first-order valence-corrected chi connectivity index (χ1v) is 7.44. The Kier molecular flexibility index (Phi) is 3.94. The van der Waals surface area contributed by atoms with E-state index in [1.54, 1.807) is 18.2 Å². The van der Waals surface area contributed by atoms with Gasteiger partial charge in [-0.1, -0.05) is 25.9 Å². The van der Waals surface area contributed by atoms with Crippen molar-refractivity contribution in [3.8, 4) is 11.5 Å². The van der Waals surface area contributed by atoms with Crippen molar-refractivity contribution in [1.29, 1.82) is 0 Å². The van der Waals surface area contributed by atoms with Gasteiger partial charge in [-0.2, -0.15) is 4.98 Å². The van der Waals surface area contributed by atoms with E-state index in [0.717, 1.165) is 0 Å². The predicted octanol–water partition coefficient (Wildman–Crippen LogP) is 2.07. The van der Waals surface area contributed by atoms with Gasteiger partial charge in [0.1, 0.15) is 0 Å². The number of hydrogen-bond donors (Lipinski definition) is 1. The van der Waals surface area contributed by atoms with Crippen LogP contribution in [0.1, 0.15) is 42.8 Å². The lowest BCUT2D eigenvalue weighted by molar-refractivity contribution is 0.0953. The minimum absolute atomic E-state index is 0.178. The quantitative estimate of drug-likeness (QED) is 0.929. The van der Waals surface area contributed by atoms with Crippen molar-refractivity contribution < 1.29 is 18.8 Å². The molecule has 0 saturated heterocycles. The van der Waals surface area contributed by atoms with Gasteiger partial charge in [-0.3, -0.25) is 4.79 Å². The summed E-state index contributed by atoms with van der Waals surface area (Å²) in [5.41, 5.74) is 0.346. The van der Waals surface area contributed by atoms with Crippen molar-refractivity contribution in [3.63, 3.8) is 0 Å². The first-order chi connectivity index (χ1) is 10.9. The summed E-state index contributed by atoms with van der Waals surface area (Å²) >= 11 is 0. The van der Waals surface area contributed by atoms with E-state index in [1.165, 1.54) is 0 Å². The lowest BCUT2D eigenvalue weighted by Crippen LogP contribution is -2.26. The molecule has 23 heavy (non-hydrogen) atoms. The molecule has 0 spiro atoms. The minimum Gasteiger partial charge on any atom is -0.454 e. The molecular formula is C16H19N3O4. The Morgan fingerprint density at radius 3 is 2.78 bits per heavy atom. The highest BCUT2D eigenvalue weighted by molar-refractivity contribution is 5.94. The number of fused-ring (bicyclic) bond motifs is 1. The predicted molar refractivity (Wildman–Crippen MR) is 81.6 cm³/mol. The highest BCUT2D eigenvalue weighted by atomic mass is 16.7. The second-order valence-corrected chi connectivity index (χ2v) is 6.34. The smallest absolute Gasteiger partial charge is 0.251 e. The van der Waals surface area contributed by atoms with Crippen LogP contribution >= 0.6 is 0 Å². The summed E-state index contributed by atoms with van der Waals surface area (Å²) in [6.45, 7) is 6.63. The molecule has 3 rings (SSSR count). The SMILES string of the molecule is CC(C)(C)c1nc(CCNC(=O)c2ccc3c(c2)OCO3)no1. The molecule has 7 heteroatoms. The zero-order valence-electron chi connectivity index (χ0n) is 13.4. The third-order valence-corrected chi connectivity index (χ3v) is 3.38. The average molecular weight is 317 g/mol. The molecule has 0 saturated carbocycles. The number of amides is 1. The highest BCUT2D eigenvalue weighted by Crippen LogP contribution is 2.32. The Labute approximate surface area is 134 Å². The monoisotopic (exact) mass is 317 g/mol. The van der Waals surface area contributed by atoms with Gasteiger partial charge in [0.25, 0.3) is 5.91 Å². The molecule has 0 atom stereocenters. The molecule has 0 radical (unpaired) electrons. The second kappa shape index (κ2) is 5.91. The summed E-state index contributed by atoms with van der Waals surface area (Å²) < 4.78 is 15.7. The van der Waals surface area contributed by atoms with Gasteiger partial charge in [-0.15, -0.1) is 0 Å². The van der Waals surface area contributed by atoms with E-state index in [4.69, 9.17) is 14.0 Å². The average Bonchev–Trinajstić information content (AvgIpc) is 3.14. The maximum atomic E-state index is 12.1. The second-order valence-electron chi connectivity index (χ2n) is 6.34. The molecule has 2 aromatic rings. The fourth-order valence-corrected chi connectivity index (χ4v) is 2.09. The first kappa shape index (κ1) is 15.3. The normalized spacial score (nSPS) is 13.2. The van der Waals surface area contributed by atoms with Crippen molar-refractivity contribution in [1.82, 2.24) is 15.5 Å². The molecule has 0 aliphatic carbocycles. The minimum atomic E-state index is -0.180. The number of benzene rings is 1. The maximum Gasteiger partial charge on any atom is 0.251 e. The molecule has 7 nitrogen and oxygen atoms in total. The van der Waals surface area contributed by atoms with Crippen molar-refractivity contribution in [2.24, 2.45) is 0 Å². The molecule has 2 heterocycles. The number of rotatable bonds is 4. The number of carbonyl (C=O) groups excluding carboxylic acids is 1. The largest absolute Gasteiger partial charge is 0.454 e. The van der Waals surface area contributed by atoms with Crippen LogP contribution < -0.4 is 14.8 Å². The summed E-state index contributed by atoms with van der Waals surface area (Å²) in [4.78, 5) is 16.5. The van der Waals surface area contributed by atoms with E-state index >= 15 is 0 Å². The van der Waals surface area contributed by atoms with Gasteiger partial charge in [0.05, 0.1) is 0 Å². The van der Waals surface area contributed by atoms with E-state index in [1.807, 2.05) is 20.8 Å². The van der Waals surface area contributed by atoms with Gasteiger partial charge in [0.2, 0.25) is 12.7 Å². The Bertz CT molecular complexity index is 718. The molecular weight excluding hydrogens is 298 g/mol. The molecule has 0 fully saturated rings. The first-order valence-electron chi connectivity index (χ1n) is 7.44. The molecule has 1 aromatic heterocycles. The van der Waals surface area contributed by atoms with Gasteiger partial charge in [0, 0.05) is 23.9 Å². The fourth-order valence-electron chi connectivity index (χ4n) is 2.09. The number of nitrogens with zero attached hydrogens (tertiary/aromatic N) is 2. The molecule has 0 bridgehead atoms. The maximum absolute atomic E-state index is 12.1. The number of ether oxygens (including phenoxy) is 2. The molecule has 0 unspecified atom stereocenters. The lowest BCUT2D eigenvalue weighted by atomic mass is 9.97. The Morgan fingerprint density at radius 1 is 1.26 bits per heavy atom. The molecule has 1 aliphatic rings. The number of aromatic nitrogens is 2. The standard InChI is InChI=1S/C16H19N3O4/c1-16(2,3)15-18-13(19-23-15)6-7-17-14(20)10-4-5-11-12(8-10)22-9-21-11/h4-5,8H,6-7,9H2,1-3H3,(H,17,20). The van der Waals surface area contributed by atoms with Crippen LogP contribution in [0.15, 0.2) is 22.7 Å². The summed E-state index contributed by atoms with van der Waals surface area (Å²) in [6, 6.07) is 5.10. The molecule has 1 aromatic carbocycles. The molecule has 122 valence electrons. The van der Waals surface area contributed by atoms with E-state index in [9.17, 15) is 4.79 Å². The lowest BCUT2D eigenvalue weighted by Gasteiger charge is -2.10. The number of nitrogens with one attached hydrogen (secondary N) is 1. The number of hydrogen-bond acceptors (Lipinski definition) is 6. The van der Waals surface area contributed by atoms with Gasteiger partial charge in [-0.25, -0.2) is 0 Å². The highest BCUT2D eigenvalue weighted by Gasteiger charge is 2.21. The van der Waals surface area contributed by atoms with Gasteiger partial charge in [-0.05, 0) is 18.2 Å². The summed E-state index contributed by atoms with van der Waals surface area (Å²) in [5, 5.41) is 6.76. The van der Waals surface area contributed by atoms with Crippen LogP contribution in [0.4, 0.5) is 0 Å². The Morgan fingerprint density at radius 2 is 2.04 bits per heavy atom. The molecule has 1 amide bonds. The zero-order chi connectivity index (χ0) is 16.4. The summed E-state index contributed by atoms with van der Waals surface area (Å²) in [7, 11) is 0. The van der Waals surface area contributed by atoms with Crippen LogP contribution in [0.5, 0.6) is 11.5 Å². The van der Waals surface area contributed by atoms with Crippen LogP contribution in [-0.2, 0) is 11.8 Å². The Hall–Kier alpha value is -2.57. The van der Waals surface area contributed by atoms with E-state index in [-0.39, 0.29) is 18.1 Å². The van der Waals surface area contributed by atoms with Crippen LogP contribution in [0.25, 0.3) is 0 Å². The zero-order valence-corrected chi connectivity index (χ0v) is 13.4. The van der Waals surface area contributed by atoms with E-state index in [0.29, 0.717) is 41.7 Å². The van der Waals surface area contributed by atoms with Crippen molar-refractivity contribution in [3.05, 3.63) is 35.5 Å². The fraction of sp³-hybridized carbons (Fsp3) is 0.438. The molecule has 1 aliphatic heterocycles. The van der Waals surface area contributed by atoms with Crippen LogP contribution in [0.3, 0.4) is 0 Å². The summed E-state index contributed by atoms with van der Waals surface area (Å²) in [5.74, 6) is 2.24. The van der Waals surface area contributed by atoms with E-state index in [2.05, 4.69) is 15.5 Å². The third kappa shape index (κ3) is 3.44. The van der Waals surface area contributed by atoms with Gasteiger partial charge < -0.3 is 19.3 Å². The van der Waals surface area contributed by atoms with Crippen molar-refractivity contribution in [2.75, 3.05) is 13.3 Å². The van der Waals surface area contributed by atoms with Crippen LogP contribution in [0.2, 0.25) is 0 Å². The van der Waals surface area contributed by atoms with Gasteiger partial charge >= 0.3 is 0 Å². The Balaban J connectivity index is 1.54. The van der Waals surface area contributed by atoms with Gasteiger partial charge in [0.15, 0.2) is 17.3 Å².